The first kappa shape index (κ1) is 10.8. The molecular weight excluding hydrogens is 202 g/mol. The molecule has 0 spiro atoms. The van der Waals surface area contributed by atoms with E-state index in [-0.39, 0.29) is 6.61 Å². The molecule has 2 aromatic rings. The van der Waals surface area contributed by atoms with Gasteiger partial charge >= 0.3 is 0 Å². The third-order valence-corrected chi connectivity index (χ3v) is 2.36. The van der Waals surface area contributed by atoms with Gasteiger partial charge < -0.3 is 14.4 Å². The molecule has 16 heavy (non-hydrogen) atoms. The Bertz CT molecular complexity index is 423. The second kappa shape index (κ2) is 5.37. The average Bonchev–Trinajstić information content (AvgIpc) is 2.78. The van der Waals surface area contributed by atoms with Gasteiger partial charge in [0, 0.05) is 12.4 Å². The number of aliphatic hydroxyl groups excluding tert-OH is 1. The van der Waals surface area contributed by atoms with Gasteiger partial charge in [-0.3, -0.25) is 0 Å². The lowest BCUT2D eigenvalue weighted by molar-refractivity contribution is 0.280. The first-order valence-corrected chi connectivity index (χ1v) is 5.32. The van der Waals surface area contributed by atoms with Gasteiger partial charge in [0.15, 0.2) is 0 Å². The van der Waals surface area contributed by atoms with Crippen molar-refractivity contribution in [2.45, 2.75) is 13.2 Å². The number of hydrogen-bond acceptors (Lipinski definition) is 2. The number of aliphatic hydroxyl groups is 1. The van der Waals surface area contributed by atoms with E-state index in [1.165, 1.54) is 0 Å². The van der Waals surface area contributed by atoms with E-state index in [0.29, 0.717) is 6.61 Å². The van der Waals surface area contributed by atoms with Gasteiger partial charge in [0.1, 0.15) is 12.4 Å². The Balaban J connectivity index is 1.80. The molecule has 3 nitrogen and oxygen atoms in total. The summed E-state index contributed by atoms with van der Waals surface area (Å²) in [5, 5.41) is 8.91. The van der Waals surface area contributed by atoms with Crippen molar-refractivity contribution in [2.24, 2.45) is 0 Å². The normalized spacial score (nSPS) is 10.3. The molecule has 0 saturated heterocycles. The van der Waals surface area contributed by atoms with Gasteiger partial charge in [0.25, 0.3) is 0 Å². The van der Waals surface area contributed by atoms with Crippen LogP contribution in [0.1, 0.15) is 5.56 Å². The molecule has 0 saturated carbocycles. The van der Waals surface area contributed by atoms with Crippen molar-refractivity contribution in [3.8, 4) is 5.75 Å². The minimum atomic E-state index is 0.0898. The zero-order valence-electron chi connectivity index (χ0n) is 9.04. The van der Waals surface area contributed by atoms with Crippen LogP contribution in [0.25, 0.3) is 0 Å². The molecule has 0 unspecified atom stereocenters. The Morgan fingerprint density at radius 1 is 1.12 bits per heavy atom. The molecule has 1 N–H and O–H groups in total. The summed E-state index contributed by atoms with van der Waals surface area (Å²) >= 11 is 0. The lowest BCUT2D eigenvalue weighted by Gasteiger charge is -2.06. The summed E-state index contributed by atoms with van der Waals surface area (Å²) in [5.41, 5.74) is 0.930. The number of rotatable bonds is 5. The van der Waals surface area contributed by atoms with E-state index in [1.807, 2.05) is 53.4 Å². The van der Waals surface area contributed by atoms with Crippen LogP contribution in [-0.2, 0) is 13.2 Å². The Hall–Kier alpha value is -1.74. The van der Waals surface area contributed by atoms with Gasteiger partial charge in [0.05, 0.1) is 13.2 Å². The Labute approximate surface area is 94.9 Å². The SMILES string of the molecule is OCc1ccn(CCOc2ccccc2)c1. The summed E-state index contributed by atoms with van der Waals surface area (Å²) in [6, 6.07) is 11.7. The number of ether oxygens (including phenoxy) is 1. The number of nitrogens with zero attached hydrogens (tertiary/aromatic N) is 1. The second-order valence-electron chi connectivity index (χ2n) is 3.58. The summed E-state index contributed by atoms with van der Waals surface area (Å²) in [4.78, 5) is 0. The zero-order chi connectivity index (χ0) is 11.2. The molecule has 3 heteroatoms. The Morgan fingerprint density at radius 2 is 1.94 bits per heavy atom. The summed E-state index contributed by atoms with van der Waals surface area (Å²) in [6.45, 7) is 1.50. The second-order valence-corrected chi connectivity index (χ2v) is 3.58. The van der Waals surface area contributed by atoms with Crippen LogP contribution in [0, 0.1) is 0 Å². The predicted molar refractivity (Wildman–Crippen MR) is 62.3 cm³/mol. The lowest BCUT2D eigenvalue weighted by Crippen LogP contribution is -2.06. The molecule has 0 aliphatic heterocycles. The largest absolute Gasteiger partial charge is 0.492 e. The third kappa shape index (κ3) is 2.87. The Morgan fingerprint density at radius 3 is 2.62 bits per heavy atom. The quantitative estimate of drug-likeness (QED) is 0.831. The van der Waals surface area contributed by atoms with E-state index < -0.39 is 0 Å². The first-order valence-electron chi connectivity index (χ1n) is 5.32. The van der Waals surface area contributed by atoms with E-state index in [1.54, 1.807) is 0 Å². The first-order chi connectivity index (χ1) is 7.88. The fourth-order valence-corrected chi connectivity index (χ4v) is 1.51. The summed E-state index contributed by atoms with van der Waals surface area (Å²) in [6.07, 6.45) is 3.87. The molecule has 1 aromatic heterocycles. The standard InChI is InChI=1S/C13H15NO2/c15-11-12-6-7-14(10-12)8-9-16-13-4-2-1-3-5-13/h1-7,10,15H,8-9,11H2. The molecular formula is C13H15NO2. The fourth-order valence-electron chi connectivity index (χ4n) is 1.51. The minimum absolute atomic E-state index is 0.0898. The van der Waals surface area contributed by atoms with Gasteiger partial charge in [-0.05, 0) is 23.8 Å². The highest BCUT2D eigenvalue weighted by molar-refractivity contribution is 5.20. The highest BCUT2D eigenvalue weighted by Crippen LogP contribution is 2.08. The zero-order valence-corrected chi connectivity index (χ0v) is 9.04. The van der Waals surface area contributed by atoms with Crippen molar-refractivity contribution in [3.05, 3.63) is 54.4 Å². The lowest BCUT2D eigenvalue weighted by atomic mass is 10.3. The van der Waals surface area contributed by atoms with Crippen LogP contribution in [0.15, 0.2) is 48.8 Å². The number of para-hydroxylation sites is 1. The monoisotopic (exact) mass is 217 g/mol. The van der Waals surface area contributed by atoms with Gasteiger partial charge in [-0.25, -0.2) is 0 Å². The van der Waals surface area contributed by atoms with Crippen LogP contribution >= 0.6 is 0 Å². The van der Waals surface area contributed by atoms with Crippen molar-refractivity contribution in [2.75, 3.05) is 6.61 Å². The molecule has 2 rings (SSSR count). The van der Waals surface area contributed by atoms with Gasteiger partial charge in [-0.15, -0.1) is 0 Å². The van der Waals surface area contributed by atoms with Crippen molar-refractivity contribution in [1.82, 2.24) is 4.57 Å². The fraction of sp³-hybridized carbons (Fsp3) is 0.231. The number of benzene rings is 1. The molecule has 0 aliphatic rings. The van der Waals surface area contributed by atoms with Gasteiger partial charge in [-0.1, -0.05) is 18.2 Å². The molecule has 1 aromatic carbocycles. The van der Waals surface area contributed by atoms with Crippen molar-refractivity contribution in [3.63, 3.8) is 0 Å². The van der Waals surface area contributed by atoms with Crippen molar-refractivity contribution >= 4 is 0 Å². The summed E-state index contributed by atoms with van der Waals surface area (Å²) in [5.74, 6) is 0.886. The van der Waals surface area contributed by atoms with E-state index in [9.17, 15) is 0 Å². The third-order valence-electron chi connectivity index (χ3n) is 2.36. The molecule has 0 aliphatic carbocycles. The molecule has 0 radical (unpaired) electrons. The van der Waals surface area contributed by atoms with Crippen LogP contribution < -0.4 is 4.74 Å². The molecule has 84 valence electrons. The van der Waals surface area contributed by atoms with E-state index >= 15 is 0 Å². The predicted octanol–water partition coefficient (Wildman–Crippen LogP) is 2.06. The molecule has 0 amide bonds. The van der Waals surface area contributed by atoms with Crippen LogP contribution in [-0.4, -0.2) is 16.3 Å². The van der Waals surface area contributed by atoms with Crippen LogP contribution in [0.4, 0.5) is 0 Å². The van der Waals surface area contributed by atoms with Crippen LogP contribution in [0.2, 0.25) is 0 Å². The number of hydrogen-bond donors (Lipinski definition) is 1. The molecule has 0 bridgehead atoms. The highest BCUT2D eigenvalue weighted by atomic mass is 16.5. The van der Waals surface area contributed by atoms with Gasteiger partial charge in [-0.2, -0.15) is 0 Å². The number of aromatic nitrogens is 1. The molecule has 0 atom stereocenters. The smallest absolute Gasteiger partial charge is 0.119 e. The van der Waals surface area contributed by atoms with E-state index in [4.69, 9.17) is 9.84 Å². The van der Waals surface area contributed by atoms with E-state index in [0.717, 1.165) is 17.9 Å². The summed E-state index contributed by atoms with van der Waals surface area (Å²) in [7, 11) is 0. The van der Waals surface area contributed by atoms with Crippen molar-refractivity contribution in [1.29, 1.82) is 0 Å². The van der Waals surface area contributed by atoms with Crippen LogP contribution in [0.5, 0.6) is 5.75 Å². The average molecular weight is 217 g/mol. The topological polar surface area (TPSA) is 34.4 Å². The molecule has 1 heterocycles. The maximum absolute atomic E-state index is 8.91. The maximum Gasteiger partial charge on any atom is 0.119 e. The van der Waals surface area contributed by atoms with Gasteiger partial charge in [0.2, 0.25) is 0 Å². The summed E-state index contributed by atoms with van der Waals surface area (Å²) < 4.78 is 7.58. The highest BCUT2D eigenvalue weighted by Gasteiger charge is 1.96. The Kier molecular flexibility index (Phi) is 3.62. The van der Waals surface area contributed by atoms with E-state index in [2.05, 4.69) is 0 Å². The minimum Gasteiger partial charge on any atom is -0.492 e. The molecule has 0 fully saturated rings. The van der Waals surface area contributed by atoms with Crippen molar-refractivity contribution < 1.29 is 9.84 Å². The maximum atomic E-state index is 8.91. The van der Waals surface area contributed by atoms with Crippen LogP contribution in [0.3, 0.4) is 0 Å².